The zero-order valence-electron chi connectivity index (χ0n) is 10.4. The van der Waals surface area contributed by atoms with Crippen LogP contribution in [0.3, 0.4) is 0 Å². The molecule has 0 atom stereocenters. The Balaban J connectivity index is 2.34. The van der Waals surface area contributed by atoms with E-state index in [0.29, 0.717) is 0 Å². The van der Waals surface area contributed by atoms with Crippen LogP contribution in [0.5, 0.6) is 0 Å². The van der Waals surface area contributed by atoms with Gasteiger partial charge in [-0.15, -0.1) is 0 Å². The number of amides is 2. The van der Waals surface area contributed by atoms with Gasteiger partial charge in [-0.3, -0.25) is 4.79 Å². The lowest BCUT2D eigenvalue weighted by atomic mass is 9.97. The maximum absolute atomic E-state index is 11.7. The Labute approximate surface area is 102 Å². The average Bonchev–Trinajstić information content (AvgIpc) is 2.20. The fourth-order valence-corrected chi connectivity index (χ4v) is 2.16. The van der Waals surface area contributed by atoms with Crippen molar-refractivity contribution in [1.82, 2.24) is 10.2 Å². The van der Waals surface area contributed by atoms with Crippen LogP contribution < -0.4 is 5.32 Å². The van der Waals surface area contributed by atoms with Crippen molar-refractivity contribution < 1.29 is 14.7 Å². The monoisotopic (exact) mass is 242 g/mol. The Hall–Kier alpha value is -1.26. The lowest BCUT2D eigenvalue weighted by Gasteiger charge is -2.24. The second-order valence-corrected chi connectivity index (χ2v) is 4.74. The van der Waals surface area contributed by atoms with Crippen LogP contribution in [0.15, 0.2) is 0 Å². The van der Waals surface area contributed by atoms with Crippen LogP contribution in [-0.4, -0.2) is 41.6 Å². The molecule has 5 heteroatoms. The van der Waals surface area contributed by atoms with E-state index in [-0.39, 0.29) is 18.6 Å². The number of carbonyl (C=O) groups excluding carboxylic acids is 1. The third-order valence-electron chi connectivity index (χ3n) is 3.15. The number of nitrogens with one attached hydrogen (secondary N) is 1. The summed E-state index contributed by atoms with van der Waals surface area (Å²) in [5.41, 5.74) is 0. The van der Waals surface area contributed by atoms with Gasteiger partial charge in [0.2, 0.25) is 0 Å². The highest BCUT2D eigenvalue weighted by atomic mass is 16.4. The van der Waals surface area contributed by atoms with Crippen LogP contribution in [0.25, 0.3) is 0 Å². The van der Waals surface area contributed by atoms with E-state index in [9.17, 15) is 9.59 Å². The van der Waals surface area contributed by atoms with Gasteiger partial charge in [-0.05, 0) is 12.8 Å². The molecule has 0 unspecified atom stereocenters. The van der Waals surface area contributed by atoms with Gasteiger partial charge in [-0.2, -0.15) is 0 Å². The molecule has 0 spiro atoms. The van der Waals surface area contributed by atoms with Crippen molar-refractivity contribution in [1.29, 1.82) is 0 Å². The Bertz CT molecular complexity index is 260. The molecule has 0 radical (unpaired) electrons. The third-order valence-corrected chi connectivity index (χ3v) is 3.15. The number of likely N-dealkylation sites (N-methyl/N-ethyl adjacent to an activating group) is 1. The summed E-state index contributed by atoms with van der Waals surface area (Å²) < 4.78 is 0. The van der Waals surface area contributed by atoms with Crippen LogP contribution in [0.4, 0.5) is 4.79 Å². The highest BCUT2D eigenvalue weighted by Gasteiger charge is 2.17. The second-order valence-electron chi connectivity index (χ2n) is 4.74. The summed E-state index contributed by atoms with van der Waals surface area (Å²) in [6, 6.07) is -0.0722. The number of carboxylic acid groups (broad SMARTS) is 1. The van der Waals surface area contributed by atoms with Crippen LogP contribution in [0.2, 0.25) is 0 Å². The van der Waals surface area contributed by atoms with Gasteiger partial charge in [0.1, 0.15) is 6.54 Å². The molecule has 0 aliphatic heterocycles. The molecule has 2 amide bonds. The van der Waals surface area contributed by atoms with E-state index in [1.54, 1.807) is 0 Å². The number of hydrogen-bond donors (Lipinski definition) is 2. The number of urea groups is 1. The number of aliphatic carboxylic acids is 1. The molecule has 98 valence electrons. The van der Waals surface area contributed by atoms with Crippen molar-refractivity contribution in [3.63, 3.8) is 0 Å². The van der Waals surface area contributed by atoms with E-state index >= 15 is 0 Å². The maximum Gasteiger partial charge on any atom is 0.323 e. The highest BCUT2D eigenvalue weighted by molar-refractivity contribution is 5.79. The third kappa shape index (κ3) is 5.56. The molecule has 1 rings (SSSR count). The molecular formula is C12H22N2O3. The SMILES string of the molecule is CN(CC(=O)O)C(=O)NC1CCCCCCC1. The van der Waals surface area contributed by atoms with Gasteiger partial charge in [0.05, 0.1) is 0 Å². The van der Waals surface area contributed by atoms with E-state index in [0.717, 1.165) is 25.7 Å². The first-order valence-corrected chi connectivity index (χ1v) is 6.33. The molecule has 0 aromatic heterocycles. The Morgan fingerprint density at radius 1 is 1.18 bits per heavy atom. The molecule has 1 fully saturated rings. The molecule has 0 aromatic carbocycles. The smallest absolute Gasteiger partial charge is 0.323 e. The number of carboxylic acids is 1. The van der Waals surface area contributed by atoms with Crippen LogP contribution in [0.1, 0.15) is 44.9 Å². The fraction of sp³-hybridized carbons (Fsp3) is 0.833. The average molecular weight is 242 g/mol. The van der Waals surface area contributed by atoms with Gasteiger partial charge in [-0.25, -0.2) is 4.79 Å². The van der Waals surface area contributed by atoms with E-state index in [2.05, 4.69) is 5.32 Å². The quantitative estimate of drug-likeness (QED) is 0.793. The summed E-state index contributed by atoms with van der Waals surface area (Å²) in [6.45, 7) is -0.251. The number of nitrogens with zero attached hydrogens (tertiary/aromatic N) is 1. The second kappa shape index (κ2) is 7.14. The molecule has 1 saturated carbocycles. The lowest BCUT2D eigenvalue weighted by molar-refractivity contribution is -0.137. The van der Waals surface area contributed by atoms with Crippen molar-refractivity contribution in [3.05, 3.63) is 0 Å². The van der Waals surface area contributed by atoms with Gasteiger partial charge in [0.25, 0.3) is 0 Å². The Kier molecular flexibility index (Phi) is 5.80. The van der Waals surface area contributed by atoms with Crippen molar-refractivity contribution in [2.75, 3.05) is 13.6 Å². The van der Waals surface area contributed by atoms with Gasteiger partial charge < -0.3 is 15.3 Å². The molecule has 0 heterocycles. The van der Waals surface area contributed by atoms with E-state index < -0.39 is 5.97 Å². The molecule has 17 heavy (non-hydrogen) atoms. The molecular weight excluding hydrogens is 220 g/mol. The molecule has 0 bridgehead atoms. The van der Waals surface area contributed by atoms with Gasteiger partial charge in [0, 0.05) is 13.1 Å². The summed E-state index contributed by atoms with van der Waals surface area (Å²) in [5.74, 6) is -0.986. The molecule has 2 N–H and O–H groups in total. The fourth-order valence-electron chi connectivity index (χ4n) is 2.16. The summed E-state index contributed by atoms with van der Waals surface area (Å²) in [6.07, 6.45) is 8.06. The summed E-state index contributed by atoms with van der Waals surface area (Å²) in [4.78, 5) is 23.4. The minimum absolute atomic E-state index is 0.207. The standard InChI is InChI=1S/C12H22N2O3/c1-14(9-11(15)16)12(17)13-10-7-5-3-2-4-6-8-10/h10H,2-9H2,1H3,(H,13,17)(H,15,16). The first kappa shape index (κ1) is 13.8. The van der Waals surface area contributed by atoms with Crippen molar-refractivity contribution in [2.45, 2.75) is 51.0 Å². The number of carbonyl (C=O) groups is 2. The van der Waals surface area contributed by atoms with Gasteiger partial charge >= 0.3 is 12.0 Å². The first-order valence-electron chi connectivity index (χ1n) is 6.33. The topological polar surface area (TPSA) is 69.6 Å². The highest BCUT2D eigenvalue weighted by Crippen LogP contribution is 2.17. The molecule has 1 aliphatic rings. The van der Waals surface area contributed by atoms with Crippen molar-refractivity contribution in [2.24, 2.45) is 0 Å². The molecule has 0 aromatic rings. The number of rotatable bonds is 3. The van der Waals surface area contributed by atoms with Crippen LogP contribution in [-0.2, 0) is 4.79 Å². The predicted octanol–water partition coefficient (Wildman–Crippen LogP) is 1.83. The van der Waals surface area contributed by atoms with Crippen molar-refractivity contribution in [3.8, 4) is 0 Å². The van der Waals surface area contributed by atoms with Gasteiger partial charge in [0.15, 0.2) is 0 Å². The minimum atomic E-state index is -0.986. The van der Waals surface area contributed by atoms with E-state index in [1.165, 1.54) is 31.2 Å². The normalized spacial score (nSPS) is 17.9. The summed E-state index contributed by atoms with van der Waals surface area (Å²) in [7, 11) is 1.51. The predicted molar refractivity (Wildman–Crippen MR) is 64.9 cm³/mol. The van der Waals surface area contributed by atoms with Crippen LogP contribution in [0, 0.1) is 0 Å². The summed E-state index contributed by atoms with van der Waals surface area (Å²) in [5, 5.41) is 11.5. The summed E-state index contributed by atoms with van der Waals surface area (Å²) >= 11 is 0. The Morgan fingerprint density at radius 3 is 2.24 bits per heavy atom. The zero-order valence-corrected chi connectivity index (χ0v) is 10.4. The first-order chi connectivity index (χ1) is 8.09. The molecule has 5 nitrogen and oxygen atoms in total. The van der Waals surface area contributed by atoms with Crippen LogP contribution >= 0.6 is 0 Å². The van der Waals surface area contributed by atoms with E-state index in [1.807, 2.05) is 0 Å². The minimum Gasteiger partial charge on any atom is -0.480 e. The maximum atomic E-state index is 11.7. The Morgan fingerprint density at radius 2 is 1.71 bits per heavy atom. The molecule has 1 aliphatic carbocycles. The molecule has 0 saturated heterocycles. The van der Waals surface area contributed by atoms with Crippen molar-refractivity contribution >= 4 is 12.0 Å². The lowest BCUT2D eigenvalue weighted by Crippen LogP contribution is -2.45. The van der Waals surface area contributed by atoms with E-state index in [4.69, 9.17) is 5.11 Å². The largest absolute Gasteiger partial charge is 0.480 e. The number of hydrogen-bond acceptors (Lipinski definition) is 2. The van der Waals surface area contributed by atoms with Gasteiger partial charge in [-0.1, -0.05) is 32.1 Å². The zero-order chi connectivity index (χ0) is 12.7.